The highest BCUT2D eigenvalue weighted by Crippen LogP contribution is 2.31. The lowest BCUT2D eigenvalue weighted by Gasteiger charge is -2.34. The summed E-state index contributed by atoms with van der Waals surface area (Å²) in [4.78, 5) is 12.6. The van der Waals surface area contributed by atoms with Crippen molar-refractivity contribution in [2.75, 3.05) is 18.0 Å². The Bertz CT molecular complexity index is 693. The maximum absolute atomic E-state index is 10.8. The van der Waals surface area contributed by atoms with Gasteiger partial charge in [-0.15, -0.1) is 0 Å². The molecule has 0 N–H and O–H groups in total. The smallest absolute Gasteiger partial charge is 0.271 e. The molecule has 0 bridgehead atoms. The van der Waals surface area contributed by atoms with Crippen molar-refractivity contribution in [3.63, 3.8) is 0 Å². The van der Waals surface area contributed by atoms with Gasteiger partial charge in [-0.05, 0) is 31.0 Å². The molecule has 0 aromatic heterocycles. The van der Waals surface area contributed by atoms with Crippen LogP contribution in [-0.4, -0.2) is 24.1 Å². The zero-order valence-corrected chi connectivity index (χ0v) is 13.3. The van der Waals surface area contributed by atoms with Crippen molar-refractivity contribution in [3.8, 4) is 5.75 Å². The summed E-state index contributed by atoms with van der Waals surface area (Å²) < 4.78 is 5.98. The van der Waals surface area contributed by atoms with Crippen molar-refractivity contribution < 1.29 is 9.66 Å². The van der Waals surface area contributed by atoms with Crippen LogP contribution in [0.2, 0.25) is 5.02 Å². The summed E-state index contributed by atoms with van der Waals surface area (Å²) in [5.41, 5.74) is 1.15. The van der Waals surface area contributed by atoms with Gasteiger partial charge in [0.05, 0.1) is 16.5 Å². The van der Waals surface area contributed by atoms with Crippen molar-refractivity contribution in [2.45, 2.75) is 18.9 Å². The second-order valence-electron chi connectivity index (χ2n) is 5.54. The fourth-order valence-corrected chi connectivity index (χ4v) is 3.01. The summed E-state index contributed by atoms with van der Waals surface area (Å²) in [7, 11) is 0. The average molecular weight is 333 g/mol. The number of rotatable bonds is 4. The number of hydrogen-bond acceptors (Lipinski definition) is 4. The van der Waals surface area contributed by atoms with Gasteiger partial charge in [0.15, 0.2) is 0 Å². The lowest BCUT2D eigenvalue weighted by molar-refractivity contribution is -0.384. The van der Waals surface area contributed by atoms with Crippen LogP contribution in [0.15, 0.2) is 48.5 Å². The van der Waals surface area contributed by atoms with Crippen LogP contribution >= 0.6 is 11.6 Å². The van der Waals surface area contributed by atoms with Crippen molar-refractivity contribution in [1.82, 2.24) is 0 Å². The minimum atomic E-state index is -0.465. The first kappa shape index (κ1) is 15.6. The van der Waals surface area contributed by atoms with Crippen molar-refractivity contribution in [3.05, 3.63) is 63.7 Å². The number of anilines is 1. The molecular formula is C17H17ClN2O3. The first-order chi connectivity index (χ1) is 11.1. The number of benzene rings is 2. The molecule has 0 saturated carbocycles. The number of ether oxygens (including phenoxy) is 1. The van der Waals surface area contributed by atoms with E-state index >= 15 is 0 Å². The molecule has 0 aliphatic carbocycles. The number of hydrogen-bond donors (Lipinski definition) is 0. The minimum Gasteiger partial charge on any atom is -0.487 e. The monoisotopic (exact) mass is 332 g/mol. The highest BCUT2D eigenvalue weighted by Gasteiger charge is 2.22. The number of para-hydroxylation sites is 1. The Hall–Kier alpha value is -2.27. The van der Waals surface area contributed by atoms with Crippen molar-refractivity contribution in [2.24, 2.45) is 0 Å². The molecule has 0 spiro atoms. The largest absolute Gasteiger partial charge is 0.487 e. The summed E-state index contributed by atoms with van der Waals surface area (Å²) >= 11 is 6.10. The van der Waals surface area contributed by atoms with Crippen LogP contribution in [0.5, 0.6) is 5.75 Å². The summed E-state index contributed by atoms with van der Waals surface area (Å²) in [6, 6.07) is 14.5. The normalized spacial score (nSPS) is 17.8. The Kier molecular flexibility index (Phi) is 4.67. The van der Waals surface area contributed by atoms with Gasteiger partial charge in [-0.25, -0.2) is 0 Å². The molecule has 0 radical (unpaired) electrons. The van der Waals surface area contributed by atoms with Gasteiger partial charge >= 0.3 is 0 Å². The summed E-state index contributed by atoms with van der Waals surface area (Å²) in [6.45, 7) is 1.77. The van der Waals surface area contributed by atoms with Crippen LogP contribution < -0.4 is 9.64 Å². The van der Waals surface area contributed by atoms with Crippen LogP contribution in [0.4, 0.5) is 11.4 Å². The average Bonchev–Trinajstić information content (AvgIpc) is 2.57. The van der Waals surface area contributed by atoms with E-state index in [-0.39, 0.29) is 16.8 Å². The Morgan fingerprint density at radius 1 is 1.22 bits per heavy atom. The van der Waals surface area contributed by atoms with Crippen molar-refractivity contribution in [1.29, 1.82) is 0 Å². The second-order valence-corrected chi connectivity index (χ2v) is 5.94. The molecule has 1 aliphatic rings. The van der Waals surface area contributed by atoms with Crippen LogP contribution in [0.1, 0.15) is 12.8 Å². The van der Waals surface area contributed by atoms with Gasteiger partial charge in [-0.3, -0.25) is 10.1 Å². The van der Waals surface area contributed by atoms with E-state index in [4.69, 9.17) is 16.3 Å². The molecule has 1 aliphatic heterocycles. The van der Waals surface area contributed by atoms with Gasteiger partial charge in [-0.2, -0.15) is 0 Å². The molecule has 6 heteroatoms. The van der Waals surface area contributed by atoms with Gasteiger partial charge < -0.3 is 9.64 Å². The fraction of sp³-hybridized carbons (Fsp3) is 0.294. The summed E-state index contributed by atoms with van der Waals surface area (Å²) in [5, 5.41) is 11.0. The van der Waals surface area contributed by atoms with E-state index in [1.165, 1.54) is 17.8 Å². The number of piperidine rings is 1. The third-order valence-corrected chi connectivity index (χ3v) is 4.21. The Balaban J connectivity index is 1.69. The molecule has 120 valence electrons. The standard InChI is InChI=1S/C17H17ClN2O3/c18-16-11-14(20(21)22)8-9-17(16)23-15-7-4-10-19(12-15)13-5-2-1-3-6-13/h1-3,5-6,8-9,11,15H,4,7,10,12H2/t15-/m1/s1. The molecular weight excluding hydrogens is 316 g/mol. The fourth-order valence-electron chi connectivity index (χ4n) is 2.79. The Morgan fingerprint density at radius 3 is 2.70 bits per heavy atom. The van der Waals surface area contributed by atoms with E-state index < -0.39 is 4.92 Å². The lowest BCUT2D eigenvalue weighted by atomic mass is 10.1. The number of non-ortho nitro benzene ring substituents is 1. The van der Waals surface area contributed by atoms with Gasteiger partial charge in [0.2, 0.25) is 0 Å². The molecule has 0 unspecified atom stereocenters. The van der Waals surface area contributed by atoms with Crippen LogP contribution in [0, 0.1) is 10.1 Å². The molecule has 1 heterocycles. The van der Waals surface area contributed by atoms with Crippen molar-refractivity contribution >= 4 is 23.0 Å². The molecule has 3 rings (SSSR count). The van der Waals surface area contributed by atoms with Crippen LogP contribution in [0.25, 0.3) is 0 Å². The third kappa shape index (κ3) is 3.74. The zero-order valence-electron chi connectivity index (χ0n) is 12.5. The molecule has 1 fully saturated rings. The van der Waals surface area contributed by atoms with Gasteiger partial charge in [0.1, 0.15) is 11.9 Å². The topological polar surface area (TPSA) is 55.6 Å². The molecule has 1 atom stereocenters. The second kappa shape index (κ2) is 6.87. The molecule has 2 aromatic rings. The van der Waals surface area contributed by atoms with E-state index in [1.807, 2.05) is 18.2 Å². The first-order valence-electron chi connectivity index (χ1n) is 7.54. The lowest BCUT2D eigenvalue weighted by Crippen LogP contribution is -2.41. The highest BCUT2D eigenvalue weighted by molar-refractivity contribution is 6.32. The Morgan fingerprint density at radius 2 is 2.00 bits per heavy atom. The summed E-state index contributed by atoms with van der Waals surface area (Å²) in [5.74, 6) is 0.497. The molecule has 1 saturated heterocycles. The quantitative estimate of drug-likeness (QED) is 0.619. The zero-order chi connectivity index (χ0) is 16.2. The SMILES string of the molecule is O=[N+]([O-])c1ccc(O[C@@H]2CCCN(c3ccccc3)C2)c(Cl)c1. The maximum Gasteiger partial charge on any atom is 0.271 e. The molecule has 0 amide bonds. The third-order valence-electron chi connectivity index (χ3n) is 3.92. The number of nitrogens with zero attached hydrogens (tertiary/aromatic N) is 2. The van der Waals surface area contributed by atoms with E-state index in [0.717, 1.165) is 25.9 Å². The maximum atomic E-state index is 10.8. The van der Waals surface area contributed by atoms with E-state index in [0.29, 0.717) is 5.75 Å². The van der Waals surface area contributed by atoms with E-state index in [9.17, 15) is 10.1 Å². The predicted octanol–water partition coefficient (Wildman–Crippen LogP) is 4.30. The molecule has 23 heavy (non-hydrogen) atoms. The van der Waals surface area contributed by atoms with Gasteiger partial charge in [-0.1, -0.05) is 29.8 Å². The van der Waals surface area contributed by atoms with Crippen LogP contribution in [0.3, 0.4) is 0 Å². The minimum absolute atomic E-state index is 0.0166. The van der Waals surface area contributed by atoms with Gasteiger partial charge in [0.25, 0.3) is 5.69 Å². The number of halogens is 1. The number of nitro groups is 1. The summed E-state index contributed by atoms with van der Waals surface area (Å²) in [6.07, 6.45) is 1.99. The number of nitro benzene ring substituents is 1. The van der Waals surface area contributed by atoms with E-state index in [1.54, 1.807) is 6.07 Å². The highest BCUT2D eigenvalue weighted by atomic mass is 35.5. The van der Waals surface area contributed by atoms with Gasteiger partial charge in [0, 0.05) is 24.4 Å². The van der Waals surface area contributed by atoms with Crippen LogP contribution in [-0.2, 0) is 0 Å². The molecule has 5 nitrogen and oxygen atoms in total. The molecule has 2 aromatic carbocycles. The predicted molar refractivity (Wildman–Crippen MR) is 90.4 cm³/mol. The van der Waals surface area contributed by atoms with E-state index in [2.05, 4.69) is 17.0 Å². The Labute approximate surface area is 139 Å². The first-order valence-corrected chi connectivity index (χ1v) is 7.92.